The molecule has 0 saturated carbocycles. The van der Waals surface area contributed by atoms with Crippen molar-refractivity contribution in [2.24, 2.45) is 5.92 Å². The van der Waals surface area contributed by atoms with Gasteiger partial charge in [-0.3, -0.25) is 14.2 Å². The van der Waals surface area contributed by atoms with Gasteiger partial charge in [-0.15, -0.1) is 0 Å². The van der Waals surface area contributed by atoms with E-state index in [0.717, 1.165) is 6.42 Å². The number of likely N-dealkylation sites (tertiary alicyclic amines) is 1. The summed E-state index contributed by atoms with van der Waals surface area (Å²) in [5.74, 6) is -0.794. The molecule has 1 aliphatic heterocycles. The minimum absolute atomic E-state index is 0.0258. The average Bonchev–Trinajstić information content (AvgIpc) is 3.16. The van der Waals surface area contributed by atoms with Gasteiger partial charge in [0.05, 0.1) is 21.8 Å². The van der Waals surface area contributed by atoms with Crippen LogP contribution in [0.4, 0.5) is 4.39 Å². The molecular formula is C20H16Cl2FN3O3. The largest absolute Gasteiger partial charge is 0.504 e. The molecule has 0 aliphatic carbocycles. The Labute approximate surface area is 175 Å². The molecular weight excluding hydrogens is 420 g/mol. The summed E-state index contributed by atoms with van der Waals surface area (Å²) < 4.78 is 14.5. The highest BCUT2D eigenvalue weighted by Gasteiger charge is 2.28. The lowest BCUT2D eigenvalue weighted by molar-refractivity contribution is 0.0786. The molecule has 1 saturated heterocycles. The second-order valence-electron chi connectivity index (χ2n) is 7.03. The van der Waals surface area contributed by atoms with Gasteiger partial charge >= 0.3 is 0 Å². The standard InChI is InChI=1S/C20H16Cl2FN3O3/c21-14-7-15(22)18(27)17-16(14)20(29)26(10-24-17)9-11-5-6-25(8-11)19(28)12-1-3-13(23)4-2-12/h1-4,7,10-11,27H,5-6,8-9H2. The quantitative estimate of drug-likeness (QED) is 0.680. The summed E-state index contributed by atoms with van der Waals surface area (Å²) in [5, 5.41) is 10.3. The third-order valence-electron chi connectivity index (χ3n) is 5.10. The van der Waals surface area contributed by atoms with E-state index in [2.05, 4.69) is 4.98 Å². The van der Waals surface area contributed by atoms with Gasteiger partial charge in [-0.05, 0) is 42.7 Å². The van der Waals surface area contributed by atoms with Crippen LogP contribution in [0, 0.1) is 11.7 Å². The van der Waals surface area contributed by atoms with Gasteiger partial charge in [0.2, 0.25) is 0 Å². The Morgan fingerprint density at radius 3 is 2.69 bits per heavy atom. The van der Waals surface area contributed by atoms with Crippen LogP contribution in [0.3, 0.4) is 0 Å². The molecule has 0 radical (unpaired) electrons. The number of rotatable bonds is 3. The number of carbonyl (C=O) groups excluding carboxylic acids is 1. The second kappa shape index (κ2) is 7.65. The van der Waals surface area contributed by atoms with Crippen LogP contribution < -0.4 is 5.56 Å². The molecule has 1 unspecified atom stereocenters. The van der Waals surface area contributed by atoms with Crippen LogP contribution in [0.15, 0.2) is 41.5 Å². The SMILES string of the molecule is O=C(c1ccc(F)cc1)N1CCC(Cn2cnc3c(O)c(Cl)cc(Cl)c3c2=O)C1. The number of aromatic hydroxyl groups is 1. The van der Waals surface area contributed by atoms with Crippen molar-refractivity contribution < 1.29 is 14.3 Å². The van der Waals surface area contributed by atoms with E-state index in [0.29, 0.717) is 25.2 Å². The number of hydrogen-bond donors (Lipinski definition) is 1. The van der Waals surface area contributed by atoms with Crippen molar-refractivity contribution in [2.45, 2.75) is 13.0 Å². The molecule has 1 amide bonds. The lowest BCUT2D eigenvalue weighted by Gasteiger charge is -2.17. The maximum Gasteiger partial charge on any atom is 0.262 e. The molecule has 2 aromatic carbocycles. The number of phenols is 1. The van der Waals surface area contributed by atoms with E-state index in [9.17, 15) is 19.1 Å². The maximum atomic E-state index is 13.1. The summed E-state index contributed by atoms with van der Waals surface area (Å²) in [6.45, 7) is 1.38. The molecule has 1 atom stereocenters. The van der Waals surface area contributed by atoms with Gasteiger partial charge < -0.3 is 10.0 Å². The molecule has 0 bridgehead atoms. The zero-order chi connectivity index (χ0) is 20.7. The monoisotopic (exact) mass is 435 g/mol. The van der Waals surface area contributed by atoms with Crippen LogP contribution in [0.1, 0.15) is 16.8 Å². The van der Waals surface area contributed by atoms with E-state index in [-0.39, 0.29) is 44.1 Å². The van der Waals surface area contributed by atoms with Gasteiger partial charge in [0.1, 0.15) is 11.3 Å². The van der Waals surface area contributed by atoms with E-state index in [1.807, 2.05) is 0 Å². The van der Waals surface area contributed by atoms with Crippen LogP contribution in [0.25, 0.3) is 10.9 Å². The third kappa shape index (κ3) is 3.68. The highest BCUT2D eigenvalue weighted by Crippen LogP contribution is 2.34. The molecule has 0 spiro atoms. The number of amides is 1. The lowest BCUT2D eigenvalue weighted by atomic mass is 10.1. The molecule has 4 rings (SSSR count). The van der Waals surface area contributed by atoms with Crippen molar-refractivity contribution >= 4 is 40.0 Å². The van der Waals surface area contributed by atoms with Crippen molar-refractivity contribution in [3.05, 3.63) is 68.4 Å². The van der Waals surface area contributed by atoms with Crippen molar-refractivity contribution in [1.29, 1.82) is 0 Å². The summed E-state index contributed by atoms with van der Waals surface area (Å²) in [7, 11) is 0. The molecule has 29 heavy (non-hydrogen) atoms. The first-order valence-electron chi connectivity index (χ1n) is 8.96. The van der Waals surface area contributed by atoms with Crippen LogP contribution in [-0.2, 0) is 6.54 Å². The third-order valence-corrected chi connectivity index (χ3v) is 5.69. The topological polar surface area (TPSA) is 75.4 Å². The van der Waals surface area contributed by atoms with Crippen molar-refractivity contribution in [3.63, 3.8) is 0 Å². The van der Waals surface area contributed by atoms with Gasteiger partial charge in [-0.25, -0.2) is 9.37 Å². The van der Waals surface area contributed by atoms with E-state index in [1.165, 1.54) is 41.2 Å². The number of aromatic nitrogens is 2. The highest BCUT2D eigenvalue weighted by atomic mass is 35.5. The molecule has 1 aromatic heterocycles. The van der Waals surface area contributed by atoms with Gasteiger partial charge in [0.25, 0.3) is 11.5 Å². The Morgan fingerprint density at radius 2 is 1.97 bits per heavy atom. The Bertz CT molecular complexity index is 1160. The van der Waals surface area contributed by atoms with Crippen LogP contribution in [-0.4, -0.2) is 38.6 Å². The number of carbonyl (C=O) groups is 1. The molecule has 6 nitrogen and oxygen atoms in total. The van der Waals surface area contributed by atoms with Crippen molar-refractivity contribution in [3.8, 4) is 5.75 Å². The smallest absolute Gasteiger partial charge is 0.262 e. The first-order valence-corrected chi connectivity index (χ1v) is 9.71. The molecule has 9 heteroatoms. The van der Waals surface area contributed by atoms with Crippen LogP contribution in [0.2, 0.25) is 10.0 Å². The minimum atomic E-state index is -0.394. The first-order chi connectivity index (χ1) is 13.8. The van der Waals surface area contributed by atoms with Gasteiger partial charge in [-0.2, -0.15) is 0 Å². The number of halogens is 3. The molecule has 2 heterocycles. The van der Waals surface area contributed by atoms with Gasteiger partial charge in [0.15, 0.2) is 5.75 Å². The minimum Gasteiger partial charge on any atom is -0.504 e. The number of nitrogens with zero attached hydrogens (tertiary/aromatic N) is 3. The fourth-order valence-corrected chi connectivity index (χ4v) is 4.13. The van der Waals surface area contributed by atoms with Gasteiger partial charge in [0, 0.05) is 25.2 Å². The summed E-state index contributed by atoms with van der Waals surface area (Å²) in [5.41, 5.74) is 0.106. The van der Waals surface area contributed by atoms with E-state index < -0.39 is 5.82 Å². The van der Waals surface area contributed by atoms with Crippen LogP contribution >= 0.6 is 23.2 Å². The Hall–Kier alpha value is -2.64. The number of benzene rings is 2. The Balaban J connectivity index is 1.54. The molecule has 3 aromatic rings. The highest BCUT2D eigenvalue weighted by molar-refractivity contribution is 6.39. The fourth-order valence-electron chi connectivity index (χ4n) is 3.60. The normalized spacial score (nSPS) is 16.5. The summed E-state index contributed by atoms with van der Waals surface area (Å²) >= 11 is 12.0. The van der Waals surface area contributed by atoms with Gasteiger partial charge in [-0.1, -0.05) is 23.2 Å². The zero-order valence-corrected chi connectivity index (χ0v) is 16.6. The van der Waals surface area contributed by atoms with Crippen LogP contribution in [0.5, 0.6) is 5.75 Å². The lowest BCUT2D eigenvalue weighted by Crippen LogP contribution is -2.30. The summed E-state index contributed by atoms with van der Waals surface area (Å²) in [6, 6.07) is 6.75. The van der Waals surface area contributed by atoms with Crippen molar-refractivity contribution in [1.82, 2.24) is 14.5 Å². The predicted molar refractivity (Wildman–Crippen MR) is 108 cm³/mol. The Morgan fingerprint density at radius 1 is 1.24 bits per heavy atom. The summed E-state index contributed by atoms with van der Waals surface area (Å²) in [6.07, 6.45) is 2.07. The molecule has 150 valence electrons. The van der Waals surface area contributed by atoms with E-state index in [1.54, 1.807) is 4.90 Å². The summed E-state index contributed by atoms with van der Waals surface area (Å²) in [4.78, 5) is 31.2. The van der Waals surface area contributed by atoms with E-state index in [4.69, 9.17) is 23.2 Å². The zero-order valence-electron chi connectivity index (χ0n) is 15.1. The van der Waals surface area contributed by atoms with Crippen molar-refractivity contribution in [2.75, 3.05) is 13.1 Å². The number of fused-ring (bicyclic) bond motifs is 1. The maximum absolute atomic E-state index is 13.1. The average molecular weight is 436 g/mol. The predicted octanol–water partition coefficient (Wildman–Crippen LogP) is 3.71. The molecule has 1 N–H and O–H groups in total. The fraction of sp³-hybridized carbons (Fsp3) is 0.250. The first kappa shape index (κ1) is 19.7. The Kier molecular flexibility index (Phi) is 5.19. The second-order valence-corrected chi connectivity index (χ2v) is 7.84. The number of phenolic OH excluding ortho intramolecular Hbond substituents is 1. The molecule has 1 fully saturated rings. The molecule has 1 aliphatic rings. The van der Waals surface area contributed by atoms with E-state index >= 15 is 0 Å². The number of hydrogen-bond acceptors (Lipinski definition) is 4.